The summed E-state index contributed by atoms with van der Waals surface area (Å²) in [5, 5.41) is 6.40. The zero-order valence-corrected chi connectivity index (χ0v) is 9.42. The number of carbonyl (C=O) groups excluding carboxylic acids is 1. The van der Waals surface area contributed by atoms with Gasteiger partial charge in [0.2, 0.25) is 0 Å². The van der Waals surface area contributed by atoms with Gasteiger partial charge in [-0.3, -0.25) is 0 Å². The maximum atomic E-state index is 11.2. The van der Waals surface area contributed by atoms with E-state index in [9.17, 15) is 4.79 Å². The van der Waals surface area contributed by atoms with Gasteiger partial charge in [0.15, 0.2) is 0 Å². The van der Waals surface area contributed by atoms with Gasteiger partial charge in [0.05, 0.1) is 6.04 Å². The maximum absolute atomic E-state index is 11.2. The van der Waals surface area contributed by atoms with E-state index in [1.54, 1.807) is 13.3 Å². The van der Waals surface area contributed by atoms with Gasteiger partial charge in [0.25, 0.3) is 0 Å². The highest BCUT2D eigenvalue weighted by atomic mass is 16.6. The Labute approximate surface area is 84.9 Å². The van der Waals surface area contributed by atoms with Gasteiger partial charge in [-0.15, -0.1) is 0 Å². The van der Waals surface area contributed by atoms with Gasteiger partial charge in [-0.25, -0.2) is 4.79 Å². The Bertz CT molecular complexity index is 209. The fourth-order valence-corrected chi connectivity index (χ4v) is 0.717. The Morgan fingerprint density at radius 3 is 2.50 bits per heavy atom. The lowest BCUT2D eigenvalue weighted by atomic mass is 10.2. The summed E-state index contributed by atoms with van der Waals surface area (Å²) in [6.45, 7) is 7.27. The van der Waals surface area contributed by atoms with Gasteiger partial charge in [-0.05, 0) is 27.7 Å². The first-order valence-corrected chi connectivity index (χ1v) is 4.54. The lowest BCUT2D eigenvalue weighted by Gasteiger charge is -2.20. The molecule has 14 heavy (non-hydrogen) atoms. The van der Waals surface area contributed by atoms with Crippen molar-refractivity contribution >= 4 is 12.3 Å². The number of alkyl carbamates (subject to hydrolysis) is 1. The van der Waals surface area contributed by atoms with Crippen LogP contribution >= 0.6 is 0 Å². The van der Waals surface area contributed by atoms with Gasteiger partial charge in [-0.2, -0.15) is 5.10 Å². The number of carbonyl (C=O) groups is 1. The van der Waals surface area contributed by atoms with Crippen LogP contribution in [0.1, 0.15) is 27.7 Å². The zero-order valence-electron chi connectivity index (χ0n) is 9.42. The highest BCUT2D eigenvalue weighted by Gasteiger charge is 2.16. The zero-order chi connectivity index (χ0) is 11.2. The Kier molecular flexibility index (Phi) is 4.97. The Balaban J connectivity index is 3.89. The molecular weight excluding hydrogens is 182 g/mol. The Morgan fingerprint density at radius 2 is 2.07 bits per heavy atom. The molecular formula is C9H19N3O2. The van der Waals surface area contributed by atoms with E-state index < -0.39 is 11.7 Å². The molecule has 5 heteroatoms. The molecule has 5 nitrogen and oxygen atoms in total. The number of hydrazone groups is 1. The molecule has 0 saturated heterocycles. The fraction of sp³-hybridized carbons (Fsp3) is 0.778. The van der Waals surface area contributed by atoms with E-state index in [1.165, 1.54) is 0 Å². The molecule has 0 aromatic carbocycles. The SMILES string of the molecule is CN/N=C/[C@H](C)NC(=O)OC(C)(C)C. The minimum Gasteiger partial charge on any atom is -0.444 e. The molecule has 0 bridgehead atoms. The minimum atomic E-state index is -0.468. The summed E-state index contributed by atoms with van der Waals surface area (Å²) in [4.78, 5) is 11.2. The van der Waals surface area contributed by atoms with Crippen LogP contribution in [-0.2, 0) is 4.74 Å². The minimum absolute atomic E-state index is 0.155. The monoisotopic (exact) mass is 201 g/mol. The van der Waals surface area contributed by atoms with Crippen molar-refractivity contribution in [3.63, 3.8) is 0 Å². The Hall–Kier alpha value is -1.26. The molecule has 0 aromatic rings. The maximum Gasteiger partial charge on any atom is 0.408 e. The number of hydrogen-bond acceptors (Lipinski definition) is 4. The predicted octanol–water partition coefficient (Wildman–Crippen LogP) is 1.10. The van der Waals surface area contributed by atoms with Gasteiger partial charge in [0, 0.05) is 13.3 Å². The smallest absolute Gasteiger partial charge is 0.408 e. The summed E-state index contributed by atoms with van der Waals surface area (Å²) in [7, 11) is 1.69. The van der Waals surface area contributed by atoms with Crippen molar-refractivity contribution < 1.29 is 9.53 Å². The molecule has 0 radical (unpaired) electrons. The standard InChI is InChI=1S/C9H19N3O2/c1-7(6-11-10-5)12-8(13)14-9(2,3)4/h6-7,10H,1-5H3,(H,12,13)/b11-6+/t7-/m0/s1. The quantitative estimate of drug-likeness (QED) is 0.531. The van der Waals surface area contributed by atoms with E-state index in [-0.39, 0.29) is 6.04 Å². The first-order chi connectivity index (χ1) is 6.35. The molecule has 0 aromatic heterocycles. The van der Waals surface area contributed by atoms with Gasteiger partial charge >= 0.3 is 6.09 Å². The third kappa shape index (κ3) is 7.39. The van der Waals surface area contributed by atoms with Crippen molar-refractivity contribution in [2.45, 2.75) is 39.3 Å². The molecule has 1 atom stereocenters. The number of rotatable bonds is 3. The van der Waals surface area contributed by atoms with E-state index >= 15 is 0 Å². The van der Waals surface area contributed by atoms with E-state index in [4.69, 9.17) is 4.74 Å². The molecule has 2 N–H and O–H groups in total. The highest BCUT2D eigenvalue weighted by molar-refractivity contribution is 5.74. The van der Waals surface area contributed by atoms with Crippen LogP contribution in [-0.4, -0.2) is 31.0 Å². The van der Waals surface area contributed by atoms with Crippen LogP contribution in [0.25, 0.3) is 0 Å². The number of nitrogens with one attached hydrogen (secondary N) is 2. The topological polar surface area (TPSA) is 62.7 Å². The summed E-state index contributed by atoms with van der Waals surface area (Å²) in [5.74, 6) is 0. The molecule has 0 fully saturated rings. The normalized spacial score (nSPS) is 13.8. The van der Waals surface area contributed by atoms with Crippen LogP contribution in [0.5, 0.6) is 0 Å². The number of hydrogen-bond donors (Lipinski definition) is 2. The molecule has 0 rings (SSSR count). The first kappa shape index (κ1) is 12.7. The summed E-state index contributed by atoms with van der Waals surface area (Å²) in [5.41, 5.74) is 2.13. The fourth-order valence-electron chi connectivity index (χ4n) is 0.717. The molecule has 1 amide bonds. The van der Waals surface area contributed by atoms with Crippen LogP contribution in [0.2, 0.25) is 0 Å². The van der Waals surface area contributed by atoms with Gasteiger partial charge < -0.3 is 15.5 Å². The summed E-state index contributed by atoms with van der Waals surface area (Å²) >= 11 is 0. The lowest BCUT2D eigenvalue weighted by Crippen LogP contribution is -2.38. The summed E-state index contributed by atoms with van der Waals surface area (Å²) in [6.07, 6.45) is 1.15. The van der Waals surface area contributed by atoms with Gasteiger partial charge in [0.1, 0.15) is 5.60 Å². The molecule has 0 aliphatic carbocycles. The second-order valence-corrected chi connectivity index (χ2v) is 3.94. The van der Waals surface area contributed by atoms with Crippen LogP contribution < -0.4 is 10.7 Å². The number of amides is 1. The van der Waals surface area contributed by atoms with Crippen molar-refractivity contribution in [2.75, 3.05) is 7.05 Å². The second-order valence-electron chi connectivity index (χ2n) is 3.94. The highest BCUT2D eigenvalue weighted by Crippen LogP contribution is 2.06. The molecule has 0 unspecified atom stereocenters. The number of nitrogens with zero attached hydrogens (tertiary/aromatic N) is 1. The largest absolute Gasteiger partial charge is 0.444 e. The summed E-state index contributed by atoms with van der Waals surface area (Å²) < 4.78 is 5.06. The van der Waals surface area contributed by atoms with Crippen molar-refractivity contribution in [1.29, 1.82) is 0 Å². The Morgan fingerprint density at radius 1 is 1.50 bits per heavy atom. The van der Waals surface area contributed by atoms with Crippen molar-refractivity contribution in [2.24, 2.45) is 5.10 Å². The third-order valence-electron chi connectivity index (χ3n) is 1.17. The predicted molar refractivity (Wildman–Crippen MR) is 56.4 cm³/mol. The molecule has 0 aliphatic rings. The van der Waals surface area contributed by atoms with E-state index in [1.807, 2.05) is 27.7 Å². The molecule has 0 saturated carbocycles. The van der Waals surface area contributed by atoms with E-state index in [2.05, 4.69) is 15.8 Å². The van der Waals surface area contributed by atoms with Crippen molar-refractivity contribution in [3.8, 4) is 0 Å². The molecule has 0 spiro atoms. The average Bonchev–Trinajstić information content (AvgIpc) is 1.96. The average molecular weight is 201 g/mol. The van der Waals surface area contributed by atoms with Crippen molar-refractivity contribution in [1.82, 2.24) is 10.7 Å². The first-order valence-electron chi connectivity index (χ1n) is 4.54. The van der Waals surface area contributed by atoms with E-state index in [0.717, 1.165) is 0 Å². The van der Waals surface area contributed by atoms with Crippen LogP contribution in [0, 0.1) is 0 Å². The molecule has 82 valence electrons. The number of ether oxygens (including phenoxy) is 1. The molecule has 0 aliphatic heterocycles. The summed E-state index contributed by atoms with van der Waals surface area (Å²) in [6, 6.07) is -0.155. The van der Waals surface area contributed by atoms with Crippen LogP contribution in [0.3, 0.4) is 0 Å². The molecule has 0 heterocycles. The van der Waals surface area contributed by atoms with E-state index in [0.29, 0.717) is 0 Å². The van der Waals surface area contributed by atoms with Crippen molar-refractivity contribution in [3.05, 3.63) is 0 Å². The van der Waals surface area contributed by atoms with Gasteiger partial charge in [-0.1, -0.05) is 0 Å². The second kappa shape index (κ2) is 5.47. The lowest BCUT2D eigenvalue weighted by molar-refractivity contribution is 0.0522. The third-order valence-corrected chi connectivity index (χ3v) is 1.17. The van der Waals surface area contributed by atoms with Crippen LogP contribution in [0.15, 0.2) is 5.10 Å². The van der Waals surface area contributed by atoms with Crippen LogP contribution in [0.4, 0.5) is 4.79 Å².